The van der Waals surface area contributed by atoms with Gasteiger partial charge in [-0.2, -0.15) is 0 Å². The first-order chi connectivity index (χ1) is 15.0. The average Bonchev–Trinajstić information content (AvgIpc) is 2.80. The SMILES string of the molecule is COc1ccc(C(CNC(=O)c2ccc3nc(C)c(C)nc3c2)N2CCOCC2)cc1. The Bertz CT molecular complexity index is 1060. The Balaban J connectivity index is 1.52. The van der Waals surface area contributed by atoms with E-state index in [1.54, 1.807) is 19.2 Å². The van der Waals surface area contributed by atoms with E-state index < -0.39 is 0 Å². The van der Waals surface area contributed by atoms with Crippen molar-refractivity contribution in [3.8, 4) is 5.75 Å². The first-order valence-corrected chi connectivity index (χ1v) is 10.5. The number of aryl methyl sites for hydroxylation is 2. The molecule has 1 amide bonds. The van der Waals surface area contributed by atoms with Crippen LogP contribution in [0.4, 0.5) is 0 Å². The summed E-state index contributed by atoms with van der Waals surface area (Å²) in [6, 6.07) is 13.5. The Morgan fingerprint density at radius 3 is 2.42 bits per heavy atom. The van der Waals surface area contributed by atoms with Gasteiger partial charge in [0.2, 0.25) is 0 Å². The molecule has 3 aromatic rings. The van der Waals surface area contributed by atoms with Gasteiger partial charge in [0.05, 0.1) is 48.8 Å². The summed E-state index contributed by atoms with van der Waals surface area (Å²) in [5, 5.41) is 3.11. The smallest absolute Gasteiger partial charge is 0.251 e. The Hall–Kier alpha value is -3.03. The van der Waals surface area contributed by atoms with Crippen molar-refractivity contribution in [3.63, 3.8) is 0 Å². The molecule has 162 valence electrons. The lowest BCUT2D eigenvalue weighted by Gasteiger charge is -2.35. The maximum Gasteiger partial charge on any atom is 0.251 e. The third-order valence-corrected chi connectivity index (χ3v) is 5.78. The molecule has 0 radical (unpaired) electrons. The number of hydrogen-bond acceptors (Lipinski definition) is 6. The zero-order valence-electron chi connectivity index (χ0n) is 18.2. The van der Waals surface area contributed by atoms with Crippen molar-refractivity contribution in [2.24, 2.45) is 0 Å². The third-order valence-electron chi connectivity index (χ3n) is 5.78. The van der Waals surface area contributed by atoms with E-state index in [-0.39, 0.29) is 11.9 Å². The minimum Gasteiger partial charge on any atom is -0.497 e. The highest BCUT2D eigenvalue weighted by Crippen LogP contribution is 2.24. The largest absolute Gasteiger partial charge is 0.497 e. The normalized spacial score (nSPS) is 15.6. The molecular formula is C24H28N4O3. The lowest BCUT2D eigenvalue weighted by atomic mass is 10.0. The van der Waals surface area contributed by atoms with Crippen molar-refractivity contribution < 1.29 is 14.3 Å². The van der Waals surface area contributed by atoms with E-state index in [1.807, 2.05) is 32.0 Å². The molecule has 7 nitrogen and oxygen atoms in total. The maximum absolute atomic E-state index is 12.9. The molecule has 0 aliphatic carbocycles. The molecule has 2 aromatic carbocycles. The summed E-state index contributed by atoms with van der Waals surface area (Å²) in [6.07, 6.45) is 0. The van der Waals surface area contributed by atoms with Crippen molar-refractivity contribution in [3.05, 3.63) is 65.0 Å². The van der Waals surface area contributed by atoms with E-state index in [1.165, 1.54) is 0 Å². The molecule has 1 atom stereocenters. The average molecular weight is 421 g/mol. The molecule has 31 heavy (non-hydrogen) atoms. The Morgan fingerprint density at radius 2 is 1.74 bits per heavy atom. The first-order valence-electron chi connectivity index (χ1n) is 10.5. The summed E-state index contributed by atoms with van der Waals surface area (Å²) in [5.74, 6) is 0.699. The van der Waals surface area contributed by atoms with Gasteiger partial charge in [0.25, 0.3) is 5.91 Å². The fourth-order valence-corrected chi connectivity index (χ4v) is 3.84. The van der Waals surface area contributed by atoms with Gasteiger partial charge in [-0.3, -0.25) is 9.69 Å². The van der Waals surface area contributed by atoms with Crippen molar-refractivity contribution in [1.29, 1.82) is 0 Å². The summed E-state index contributed by atoms with van der Waals surface area (Å²) in [4.78, 5) is 24.4. The number of aromatic nitrogens is 2. The minimum absolute atomic E-state index is 0.0592. The van der Waals surface area contributed by atoms with Crippen LogP contribution in [0.1, 0.15) is 33.4 Å². The van der Waals surface area contributed by atoms with Crippen LogP contribution < -0.4 is 10.1 Å². The van der Waals surface area contributed by atoms with Gasteiger partial charge < -0.3 is 14.8 Å². The predicted molar refractivity (Wildman–Crippen MR) is 119 cm³/mol. The van der Waals surface area contributed by atoms with Crippen molar-refractivity contribution >= 4 is 16.9 Å². The highest BCUT2D eigenvalue weighted by Gasteiger charge is 2.23. The Kier molecular flexibility index (Phi) is 6.44. The van der Waals surface area contributed by atoms with Crippen LogP contribution in [0, 0.1) is 13.8 Å². The standard InChI is InChI=1S/C24H28N4O3/c1-16-17(2)27-22-14-19(6-9-21(22)26-16)24(29)25-15-23(28-10-12-31-13-11-28)18-4-7-20(30-3)8-5-18/h4-9,14,23H,10-13,15H2,1-3H3,(H,25,29). The molecule has 1 aromatic heterocycles. The lowest BCUT2D eigenvalue weighted by molar-refractivity contribution is 0.0162. The highest BCUT2D eigenvalue weighted by atomic mass is 16.5. The zero-order valence-corrected chi connectivity index (χ0v) is 18.2. The molecule has 1 aliphatic rings. The van der Waals surface area contributed by atoms with Gasteiger partial charge in [-0.05, 0) is 49.7 Å². The third kappa shape index (κ3) is 4.84. The molecular weight excluding hydrogens is 392 g/mol. The van der Waals surface area contributed by atoms with Crippen LogP contribution in [0.5, 0.6) is 5.75 Å². The second kappa shape index (κ2) is 9.41. The highest BCUT2D eigenvalue weighted by molar-refractivity contribution is 5.97. The quantitative estimate of drug-likeness (QED) is 0.661. The van der Waals surface area contributed by atoms with Gasteiger partial charge in [0.1, 0.15) is 5.75 Å². The number of morpholine rings is 1. The van der Waals surface area contributed by atoms with E-state index in [0.29, 0.717) is 25.3 Å². The fourth-order valence-electron chi connectivity index (χ4n) is 3.84. The number of nitrogens with zero attached hydrogens (tertiary/aromatic N) is 3. The molecule has 7 heteroatoms. The number of hydrogen-bond donors (Lipinski definition) is 1. The van der Waals surface area contributed by atoms with Crippen LogP contribution in [0.2, 0.25) is 0 Å². The van der Waals surface area contributed by atoms with Gasteiger partial charge in [0.15, 0.2) is 0 Å². The van der Waals surface area contributed by atoms with E-state index in [0.717, 1.165) is 46.8 Å². The van der Waals surface area contributed by atoms with Gasteiger partial charge in [-0.15, -0.1) is 0 Å². The van der Waals surface area contributed by atoms with Crippen molar-refractivity contribution in [1.82, 2.24) is 20.2 Å². The van der Waals surface area contributed by atoms with Crippen LogP contribution in [0.3, 0.4) is 0 Å². The number of benzene rings is 2. The van der Waals surface area contributed by atoms with Gasteiger partial charge in [-0.1, -0.05) is 12.1 Å². The number of fused-ring (bicyclic) bond motifs is 1. The number of amides is 1. The summed E-state index contributed by atoms with van der Waals surface area (Å²) >= 11 is 0. The van der Waals surface area contributed by atoms with E-state index >= 15 is 0 Å². The Labute approximate surface area is 182 Å². The molecule has 1 saturated heterocycles. The van der Waals surface area contributed by atoms with Crippen LogP contribution >= 0.6 is 0 Å². The number of carbonyl (C=O) groups excluding carboxylic acids is 1. The predicted octanol–water partition coefficient (Wildman–Crippen LogP) is 3.06. The number of carbonyl (C=O) groups is 1. The Morgan fingerprint density at radius 1 is 1.06 bits per heavy atom. The summed E-state index contributed by atoms with van der Waals surface area (Å²) in [7, 11) is 1.66. The van der Waals surface area contributed by atoms with Crippen molar-refractivity contribution in [2.45, 2.75) is 19.9 Å². The molecule has 1 N–H and O–H groups in total. The zero-order chi connectivity index (χ0) is 21.8. The van der Waals surface area contributed by atoms with Gasteiger partial charge >= 0.3 is 0 Å². The van der Waals surface area contributed by atoms with E-state index in [4.69, 9.17) is 9.47 Å². The maximum atomic E-state index is 12.9. The van der Waals surface area contributed by atoms with Crippen molar-refractivity contribution in [2.75, 3.05) is 40.0 Å². The van der Waals surface area contributed by atoms with Crippen LogP contribution in [0.25, 0.3) is 11.0 Å². The summed E-state index contributed by atoms with van der Waals surface area (Å²) in [5.41, 5.74) is 5.02. The fraction of sp³-hybridized carbons (Fsp3) is 0.375. The van der Waals surface area contributed by atoms with E-state index in [2.05, 4.69) is 32.3 Å². The van der Waals surface area contributed by atoms with Gasteiger partial charge in [0, 0.05) is 25.2 Å². The minimum atomic E-state index is -0.117. The molecule has 1 fully saturated rings. The summed E-state index contributed by atoms with van der Waals surface area (Å²) < 4.78 is 10.8. The second-order valence-electron chi connectivity index (χ2n) is 7.75. The molecule has 0 spiro atoms. The van der Waals surface area contributed by atoms with Gasteiger partial charge in [-0.25, -0.2) is 9.97 Å². The number of ether oxygens (including phenoxy) is 2. The van der Waals surface area contributed by atoms with E-state index in [9.17, 15) is 4.79 Å². The molecule has 1 aliphatic heterocycles. The van der Waals surface area contributed by atoms with Crippen LogP contribution in [-0.4, -0.2) is 60.7 Å². The molecule has 0 bridgehead atoms. The lowest BCUT2D eigenvalue weighted by Crippen LogP contribution is -2.43. The number of nitrogens with one attached hydrogen (secondary N) is 1. The molecule has 4 rings (SSSR count). The molecule has 1 unspecified atom stereocenters. The monoisotopic (exact) mass is 420 g/mol. The van der Waals surface area contributed by atoms with Crippen LogP contribution in [-0.2, 0) is 4.74 Å². The first kappa shape index (κ1) is 21.2. The molecule has 2 heterocycles. The molecule has 0 saturated carbocycles. The van der Waals surface area contributed by atoms with Crippen LogP contribution in [0.15, 0.2) is 42.5 Å². The number of rotatable bonds is 6. The second-order valence-corrected chi connectivity index (χ2v) is 7.75. The topological polar surface area (TPSA) is 76.6 Å². The summed E-state index contributed by atoms with van der Waals surface area (Å²) in [6.45, 7) is 7.42. The number of methoxy groups -OCH3 is 1.